The van der Waals surface area contributed by atoms with Crippen LogP contribution in [0.15, 0.2) is 18.2 Å². The van der Waals surface area contributed by atoms with Crippen LogP contribution in [-0.4, -0.2) is 51.3 Å². The molecule has 7 nitrogen and oxygen atoms in total. The summed E-state index contributed by atoms with van der Waals surface area (Å²) in [5.41, 5.74) is 2.25. The minimum absolute atomic E-state index is 0.0411. The Balaban J connectivity index is 1.27. The summed E-state index contributed by atoms with van der Waals surface area (Å²) in [6.45, 7) is 13.5. The van der Waals surface area contributed by atoms with Gasteiger partial charge in [0.1, 0.15) is 23.3 Å². The Morgan fingerprint density at radius 3 is 2.33 bits per heavy atom. The van der Waals surface area contributed by atoms with Crippen LogP contribution in [-0.2, 0) is 27.6 Å². The van der Waals surface area contributed by atoms with E-state index in [0.717, 1.165) is 48.3 Å². The lowest BCUT2D eigenvalue weighted by Crippen LogP contribution is -2.54. The third kappa shape index (κ3) is 9.04. The van der Waals surface area contributed by atoms with Gasteiger partial charge in [0.15, 0.2) is 0 Å². The van der Waals surface area contributed by atoms with Crippen molar-refractivity contribution in [2.24, 2.45) is 23.2 Å². The maximum Gasteiger partial charge on any atom is 0.249 e. The van der Waals surface area contributed by atoms with E-state index in [2.05, 4.69) is 29.7 Å². The molecule has 1 heterocycles. The van der Waals surface area contributed by atoms with E-state index in [9.17, 15) is 26.9 Å². The summed E-state index contributed by atoms with van der Waals surface area (Å²) in [5.74, 6) is -4.49. The molecule has 0 bridgehead atoms. The molecule has 1 unspecified atom stereocenters. The number of hydrogen-bond donors (Lipinski definition) is 2. The summed E-state index contributed by atoms with van der Waals surface area (Å²) in [4.78, 5) is 18.1. The van der Waals surface area contributed by atoms with Crippen molar-refractivity contribution in [2.45, 2.75) is 146 Å². The third-order valence-corrected chi connectivity index (χ3v) is 14.1. The number of ether oxygens (including phenoxy) is 1. The van der Waals surface area contributed by atoms with E-state index in [1.807, 2.05) is 43.5 Å². The fourth-order valence-electron chi connectivity index (χ4n) is 8.13. The number of carbonyl (C=O) groups excluding carboxylic acids is 1. The fourth-order valence-corrected chi connectivity index (χ4v) is 9.70. The number of imidazole rings is 1. The van der Waals surface area contributed by atoms with Crippen LogP contribution < -0.4 is 10.0 Å². The standard InChI is InChI=1S/C36H54F4N4O3SSi/c1-33(2,3)48(46)43-28(13-23-16-34(17-23)20-36(39,40)21-34)32-41-27-15-26(9-10-29(27)44(32)22-47-11-12-49(4,5)6)31(25-7-8-25)42-30(45)14-24-18-35(37,38)19-24/h9-10,15,23-25,28,31,43H,7-8,11-14,16-22H2,1-6H3,(H,42,45)/t28-,31+,48?/m0/s1. The zero-order valence-electron chi connectivity index (χ0n) is 29.9. The van der Waals surface area contributed by atoms with Gasteiger partial charge in [-0.05, 0) is 99.8 Å². The van der Waals surface area contributed by atoms with Crippen LogP contribution >= 0.6 is 0 Å². The van der Waals surface area contributed by atoms with Gasteiger partial charge < -0.3 is 19.2 Å². The topological polar surface area (TPSA) is 91.2 Å². The maximum atomic E-state index is 13.8. The van der Waals surface area contributed by atoms with E-state index in [0.29, 0.717) is 18.9 Å². The number of amides is 1. The first-order valence-electron chi connectivity index (χ1n) is 18.0. The monoisotopic (exact) mass is 726 g/mol. The molecule has 6 rings (SSSR count). The molecule has 1 aromatic carbocycles. The lowest BCUT2D eigenvalue weighted by atomic mass is 9.49. The zero-order valence-corrected chi connectivity index (χ0v) is 31.7. The van der Waals surface area contributed by atoms with Gasteiger partial charge in [0.2, 0.25) is 17.8 Å². The minimum atomic E-state index is -2.65. The molecule has 4 saturated carbocycles. The van der Waals surface area contributed by atoms with E-state index in [4.69, 9.17) is 9.72 Å². The van der Waals surface area contributed by atoms with Gasteiger partial charge in [0.25, 0.3) is 0 Å². The molecule has 0 aliphatic heterocycles. The molecule has 1 spiro atoms. The molecule has 2 N–H and O–H groups in total. The number of carbonyl (C=O) groups is 1. The molecule has 1 aromatic heterocycles. The molecule has 1 amide bonds. The molecule has 274 valence electrons. The SMILES string of the molecule is CC(C)(C)[S+]([O-])N[C@@H](CC1CC2(C1)CC(F)(F)C2)c1nc2cc([C@H](NC(=O)CC3CC(F)(F)C3)C3CC3)ccc2n1COCC[Si](C)(C)C. The van der Waals surface area contributed by atoms with Crippen molar-refractivity contribution in [3.63, 3.8) is 0 Å². The highest BCUT2D eigenvalue weighted by molar-refractivity contribution is 7.90. The normalized spacial score (nSPS) is 24.9. The molecule has 4 fully saturated rings. The largest absolute Gasteiger partial charge is 0.598 e. The lowest BCUT2D eigenvalue weighted by molar-refractivity contribution is -0.207. The van der Waals surface area contributed by atoms with E-state index in [1.54, 1.807) is 0 Å². The number of fused-ring (bicyclic) bond motifs is 1. The van der Waals surface area contributed by atoms with Gasteiger partial charge in [-0.15, -0.1) is 4.72 Å². The Morgan fingerprint density at radius 2 is 1.76 bits per heavy atom. The van der Waals surface area contributed by atoms with Crippen LogP contribution in [0.4, 0.5) is 17.6 Å². The second kappa shape index (κ2) is 13.4. The maximum absolute atomic E-state index is 13.8. The molecule has 49 heavy (non-hydrogen) atoms. The summed E-state index contributed by atoms with van der Waals surface area (Å²) in [6.07, 6.45) is 3.62. The molecular weight excluding hydrogens is 673 g/mol. The molecular formula is C36H54F4N4O3SSi. The van der Waals surface area contributed by atoms with Gasteiger partial charge in [-0.2, -0.15) is 0 Å². The fraction of sp³-hybridized carbons (Fsp3) is 0.778. The number of rotatable bonds is 15. The Bertz CT molecular complexity index is 1500. The number of hydrogen-bond acceptors (Lipinski definition) is 5. The Kier molecular flexibility index (Phi) is 10.1. The molecule has 3 atom stereocenters. The van der Waals surface area contributed by atoms with Crippen LogP contribution in [0.2, 0.25) is 25.7 Å². The van der Waals surface area contributed by atoms with Crippen LogP contribution in [0.5, 0.6) is 0 Å². The van der Waals surface area contributed by atoms with Crippen molar-refractivity contribution < 1.29 is 31.6 Å². The van der Waals surface area contributed by atoms with Crippen LogP contribution in [0.1, 0.15) is 108 Å². The van der Waals surface area contributed by atoms with Crippen molar-refractivity contribution >= 4 is 36.4 Å². The van der Waals surface area contributed by atoms with Crippen LogP contribution in [0.3, 0.4) is 0 Å². The van der Waals surface area contributed by atoms with Crippen LogP contribution in [0.25, 0.3) is 11.0 Å². The number of aromatic nitrogens is 2. The van der Waals surface area contributed by atoms with Crippen molar-refractivity contribution in [3.05, 3.63) is 29.6 Å². The third-order valence-electron chi connectivity index (χ3n) is 10.8. The minimum Gasteiger partial charge on any atom is -0.598 e. The zero-order chi connectivity index (χ0) is 35.6. The van der Waals surface area contributed by atoms with Gasteiger partial charge >= 0.3 is 0 Å². The number of halogens is 4. The highest BCUT2D eigenvalue weighted by atomic mass is 32.2. The highest BCUT2D eigenvalue weighted by Crippen LogP contribution is 2.65. The summed E-state index contributed by atoms with van der Waals surface area (Å²) in [6, 6.07) is 6.40. The van der Waals surface area contributed by atoms with Crippen molar-refractivity contribution in [2.75, 3.05) is 6.61 Å². The predicted molar refractivity (Wildman–Crippen MR) is 187 cm³/mol. The second-order valence-electron chi connectivity index (χ2n) is 18.0. The Labute approximate surface area is 292 Å². The van der Waals surface area contributed by atoms with E-state index < -0.39 is 36.0 Å². The number of nitrogens with zero attached hydrogens (tertiary/aromatic N) is 2. The van der Waals surface area contributed by atoms with Crippen LogP contribution in [0, 0.1) is 23.2 Å². The van der Waals surface area contributed by atoms with Crippen molar-refractivity contribution in [1.82, 2.24) is 19.6 Å². The van der Waals surface area contributed by atoms with E-state index >= 15 is 0 Å². The van der Waals surface area contributed by atoms with Gasteiger partial charge in [0.05, 0.1) is 17.1 Å². The first-order valence-corrected chi connectivity index (χ1v) is 22.9. The molecule has 4 aliphatic carbocycles. The number of alkyl halides is 4. The predicted octanol–water partition coefficient (Wildman–Crippen LogP) is 8.66. The summed E-state index contributed by atoms with van der Waals surface area (Å²) in [5, 5.41) is 3.15. The average molecular weight is 727 g/mol. The number of benzene rings is 1. The van der Waals surface area contributed by atoms with Crippen molar-refractivity contribution in [1.29, 1.82) is 0 Å². The summed E-state index contributed by atoms with van der Waals surface area (Å²) < 4.78 is 79.1. The molecule has 13 heteroatoms. The first kappa shape index (κ1) is 37.1. The summed E-state index contributed by atoms with van der Waals surface area (Å²) in [7, 11) is -1.33. The Morgan fingerprint density at radius 1 is 1.08 bits per heavy atom. The highest BCUT2D eigenvalue weighted by Gasteiger charge is 2.61. The quantitative estimate of drug-likeness (QED) is 0.0830. The average Bonchev–Trinajstić information content (AvgIpc) is 3.70. The van der Waals surface area contributed by atoms with Gasteiger partial charge in [-0.1, -0.05) is 25.7 Å². The Hall–Kier alpha value is -1.67. The molecule has 0 radical (unpaired) electrons. The molecule has 2 aromatic rings. The van der Waals surface area contributed by atoms with Gasteiger partial charge in [-0.25, -0.2) is 22.5 Å². The van der Waals surface area contributed by atoms with E-state index in [1.165, 1.54) is 0 Å². The van der Waals surface area contributed by atoms with E-state index in [-0.39, 0.29) is 80.0 Å². The van der Waals surface area contributed by atoms with Gasteiger partial charge in [-0.3, -0.25) is 4.79 Å². The molecule has 4 aliphatic rings. The number of nitrogens with one attached hydrogen (secondary N) is 2. The summed E-state index contributed by atoms with van der Waals surface area (Å²) >= 11 is -1.41. The smallest absolute Gasteiger partial charge is 0.249 e. The first-order chi connectivity index (χ1) is 22.7. The van der Waals surface area contributed by atoms with Gasteiger partial charge in [0, 0.05) is 58.1 Å². The second-order valence-corrected chi connectivity index (χ2v) is 25.6. The van der Waals surface area contributed by atoms with Crippen molar-refractivity contribution in [3.8, 4) is 0 Å². The lowest BCUT2D eigenvalue weighted by Gasteiger charge is -2.57. The molecule has 0 saturated heterocycles.